The van der Waals surface area contributed by atoms with Crippen LogP contribution in [-0.4, -0.2) is 9.78 Å². The molecular weight excluding hydrogens is 265 g/mol. The van der Waals surface area contributed by atoms with Crippen molar-refractivity contribution >= 4 is 0 Å². The van der Waals surface area contributed by atoms with Crippen LogP contribution in [0.25, 0.3) is 16.9 Å². The lowest BCUT2D eigenvalue weighted by molar-refractivity contribution is 0.627. The van der Waals surface area contributed by atoms with E-state index >= 15 is 0 Å². The van der Waals surface area contributed by atoms with Gasteiger partial charge in [0.05, 0.1) is 30.1 Å². The molecule has 2 aromatic carbocycles. The molecule has 0 saturated heterocycles. The third kappa shape index (κ3) is 2.54. The Morgan fingerprint density at radius 2 is 1.76 bits per heavy atom. The summed E-state index contributed by atoms with van der Waals surface area (Å²) in [6, 6.07) is 18.0. The fourth-order valence-electron chi connectivity index (χ4n) is 2.28. The van der Waals surface area contributed by atoms with Gasteiger partial charge in [0.15, 0.2) is 0 Å². The molecule has 1 heterocycles. The molecule has 4 heteroatoms. The van der Waals surface area contributed by atoms with Crippen LogP contribution in [-0.2, 0) is 6.42 Å². The van der Waals surface area contributed by atoms with Gasteiger partial charge in [0.2, 0.25) is 0 Å². The molecule has 0 atom stereocenters. The number of hydrogen-bond donors (Lipinski definition) is 0. The molecule has 0 aliphatic carbocycles. The van der Waals surface area contributed by atoms with Gasteiger partial charge in [-0.1, -0.05) is 30.3 Å². The van der Waals surface area contributed by atoms with Crippen molar-refractivity contribution in [1.29, 1.82) is 5.26 Å². The molecule has 1 aromatic heterocycles. The molecule has 0 aliphatic heterocycles. The highest BCUT2D eigenvalue weighted by atomic mass is 19.1. The smallest absolute Gasteiger partial charge is 0.123 e. The van der Waals surface area contributed by atoms with Gasteiger partial charge >= 0.3 is 0 Å². The van der Waals surface area contributed by atoms with Gasteiger partial charge in [-0.25, -0.2) is 9.07 Å². The summed E-state index contributed by atoms with van der Waals surface area (Å²) in [6.45, 7) is 0. The summed E-state index contributed by atoms with van der Waals surface area (Å²) in [5, 5.41) is 13.3. The van der Waals surface area contributed by atoms with Crippen LogP contribution in [0.1, 0.15) is 5.56 Å². The molecule has 0 bridgehead atoms. The van der Waals surface area contributed by atoms with E-state index in [1.54, 1.807) is 23.0 Å². The van der Waals surface area contributed by atoms with E-state index in [-0.39, 0.29) is 12.2 Å². The minimum Gasteiger partial charge on any atom is -0.233 e. The first-order valence-corrected chi connectivity index (χ1v) is 6.55. The predicted octanol–water partition coefficient (Wildman–Crippen LogP) is 3.74. The van der Waals surface area contributed by atoms with Gasteiger partial charge in [0.25, 0.3) is 0 Å². The minimum atomic E-state index is -0.288. The quantitative estimate of drug-likeness (QED) is 0.731. The van der Waals surface area contributed by atoms with Gasteiger partial charge in [0.1, 0.15) is 5.82 Å². The standard InChI is InChI=1S/C17H12FN3/c18-15-6-8-16(9-7-15)21-17(13-4-2-1-3-5-13)14(10-11-19)12-20-21/h1-9,12H,10H2. The lowest BCUT2D eigenvalue weighted by atomic mass is 10.1. The summed E-state index contributed by atoms with van der Waals surface area (Å²) in [5.74, 6) is -0.288. The van der Waals surface area contributed by atoms with Crippen LogP contribution in [0.3, 0.4) is 0 Å². The number of hydrogen-bond acceptors (Lipinski definition) is 2. The molecule has 0 spiro atoms. The summed E-state index contributed by atoms with van der Waals surface area (Å²) in [7, 11) is 0. The maximum atomic E-state index is 13.1. The van der Waals surface area contributed by atoms with E-state index in [4.69, 9.17) is 5.26 Å². The van der Waals surface area contributed by atoms with Crippen molar-refractivity contribution in [1.82, 2.24) is 9.78 Å². The highest BCUT2D eigenvalue weighted by Crippen LogP contribution is 2.26. The monoisotopic (exact) mass is 277 g/mol. The third-order valence-corrected chi connectivity index (χ3v) is 3.23. The van der Waals surface area contributed by atoms with E-state index in [0.717, 1.165) is 22.5 Å². The number of halogens is 1. The largest absolute Gasteiger partial charge is 0.233 e. The van der Waals surface area contributed by atoms with E-state index in [9.17, 15) is 4.39 Å². The van der Waals surface area contributed by atoms with Gasteiger partial charge in [0, 0.05) is 11.1 Å². The highest BCUT2D eigenvalue weighted by molar-refractivity contribution is 5.66. The molecule has 0 saturated carbocycles. The Morgan fingerprint density at radius 3 is 2.43 bits per heavy atom. The van der Waals surface area contributed by atoms with Crippen LogP contribution < -0.4 is 0 Å². The van der Waals surface area contributed by atoms with Crippen molar-refractivity contribution in [2.24, 2.45) is 0 Å². The first kappa shape index (κ1) is 13.1. The molecular formula is C17H12FN3. The van der Waals surface area contributed by atoms with E-state index in [2.05, 4.69) is 11.2 Å². The summed E-state index contributed by atoms with van der Waals surface area (Å²) < 4.78 is 14.8. The predicted molar refractivity (Wildman–Crippen MR) is 78.3 cm³/mol. The number of rotatable bonds is 3. The van der Waals surface area contributed by atoms with Crippen LogP contribution in [0.5, 0.6) is 0 Å². The van der Waals surface area contributed by atoms with Crippen molar-refractivity contribution in [3.8, 4) is 23.0 Å². The number of benzene rings is 2. The van der Waals surface area contributed by atoms with Crippen LogP contribution in [0.2, 0.25) is 0 Å². The number of nitriles is 1. The van der Waals surface area contributed by atoms with Crippen LogP contribution in [0.15, 0.2) is 60.8 Å². The van der Waals surface area contributed by atoms with Gasteiger partial charge in [-0.3, -0.25) is 0 Å². The second-order valence-corrected chi connectivity index (χ2v) is 4.61. The Hall–Kier alpha value is -2.93. The molecule has 102 valence electrons. The zero-order chi connectivity index (χ0) is 14.7. The van der Waals surface area contributed by atoms with Crippen molar-refractivity contribution in [3.05, 3.63) is 72.2 Å². The van der Waals surface area contributed by atoms with E-state index in [1.807, 2.05) is 30.3 Å². The minimum absolute atomic E-state index is 0.283. The molecule has 0 unspecified atom stereocenters. The maximum Gasteiger partial charge on any atom is 0.123 e. The van der Waals surface area contributed by atoms with Crippen LogP contribution in [0.4, 0.5) is 4.39 Å². The first-order valence-electron chi connectivity index (χ1n) is 6.55. The Labute approximate surface area is 121 Å². The SMILES string of the molecule is N#CCc1cnn(-c2ccc(F)cc2)c1-c1ccccc1. The van der Waals surface area contributed by atoms with E-state index < -0.39 is 0 Å². The average molecular weight is 277 g/mol. The lowest BCUT2D eigenvalue weighted by Crippen LogP contribution is -2.00. The second-order valence-electron chi connectivity index (χ2n) is 4.61. The van der Waals surface area contributed by atoms with Gasteiger partial charge in [-0.2, -0.15) is 10.4 Å². The zero-order valence-electron chi connectivity index (χ0n) is 11.2. The summed E-state index contributed by atoms with van der Waals surface area (Å²) >= 11 is 0. The van der Waals surface area contributed by atoms with Crippen LogP contribution in [0, 0.1) is 17.1 Å². The fraction of sp³-hybridized carbons (Fsp3) is 0.0588. The summed E-state index contributed by atoms with van der Waals surface area (Å²) in [4.78, 5) is 0. The molecule has 0 amide bonds. The molecule has 21 heavy (non-hydrogen) atoms. The Morgan fingerprint density at radius 1 is 1.05 bits per heavy atom. The maximum absolute atomic E-state index is 13.1. The lowest BCUT2D eigenvalue weighted by Gasteiger charge is -2.09. The number of nitrogens with zero attached hydrogens (tertiary/aromatic N) is 3. The average Bonchev–Trinajstić information content (AvgIpc) is 2.93. The topological polar surface area (TPSA) is 41.6 Å². The van der Waals surface area contributed by atoms with Gasteiger partial charge in [-0.15, -0.1) is 0 Å². The Kier molecular flexibility index (Phi) is 3.48. The molecule has 0 fully saturated rings. The summed E-state index contributed by atoms with van der Waals surface area (Å²) in [5.41, 5.74) is 3.46. The van der Waals surface area contributed by atoms with Crippen molar-refractivity contribution in [3.63, 3.8) is 0 Å². The zero-order valence-corrected chi connectivity index (χ0v) is 11.2. The third-order valence-electron chi connectivity index (χ3n) is 3.23. The second kappa shape index (κ2) is 5.59. The van der Waals surface area contributed by atoms with Crippen molar-refractivity contribution < 1.29 is 4.39 Å². The van der Waals surface area contributed by atoms with Crippen LogP contribution >= 0.6 is 0 Å². The number of aromatic nitrogens is 2. The first-order chi connectivity index (χ1) is 10.3. The molecule has 0 N–H and O–H groups in total. The normalized spacial score (nSPS) is 10.3. The molecule has 3 aromatic rings. The van der Waals surface area contributed by atoms with Crippen molar-refractivity contribution in [2.75, 3.05) is 0 Å². The molecule has 0 radical (unpaired) electrons. The molecule has 3 rings (SSSR count). The van der Waals surface area contributed by atoms with Gasteiger partial charge in [-0.05, 0) is 24.3 Å². The Bertz CT molecular complexity index is 783. The molecule has 3 nitrogen and oxygen atoms in total. The van der Waals surface area contributed by atoms with Gasteiger partial charge < -0.3 is 0 Å². The van der Waals surface area contributed by atoms with E-state index in [0.29, 0.717) is 0 Å². The fourth-order valence-corrected chi connectivity index (χ4v) is 2.28. The Balaban J connectivity index is 2.18. The molecule has 0 aliphatic rings. The van der Waals surface area contributed by atoms with Crippen molar-refractivity contribution in [2.45, 2.75) is 6.42 Å². The summed E-state index contributed by atoms with van der Waals surface area (Å²) in [6.07, 6.45) is 1.97. The highest BCUT2D eigenvalue weighted by Gasteiger charge is 2.14. The van der Waals surface area contributed by atoms with E-state index in [1.165, 1.54) is 12.1 Å².